The molecule has 0 fully saturated rings. The summed E-state index contributed by atoms with van der Waals surface area (Å²) in [6, 6.07) is -0.0487. The Morgan fingerprint density at radius 1 is 1.50 bits per heavy atom. The number of carbonyl (C=O) groups is 2. The molecule has 0 saturated carbocycles. The maximum absolute atomic E-state index is 11.4. The van der Waals surface area contributed by atoms with Crippen LogP contribution in [0.3, 0.4) is 0 Å². The predicted molar refractivity (Wildman–Crippen MR) is 77.2 cm³/mol. The third-order valence-corrected chi connectivity index (χ3v) is 4.40. The number of anilines is 1. The maximum Gasteiger partial charge on any atom is 0.407 e. The zero-order valence-electron chi connectivity index (χ0n) is 11.8. The first-order valence-corrected chi connectivity index (χ1v) is 7.47. The van der Waals surface area contributed by atoms with E-state index in [4.69, 9.17) is 0 Å². The SMILES string of the molecule is CC(=O)Nc1nc2c(s1)C[C@@H](N(C(=O)O)C(C)C)CC2. The number of carbonyl (C=O) groups excluding carboxylic acids is 1. The van der Waals surface area contributed by atoms with Crippen molar-refractivity contribution in [3.8, 4) is 0 Å². The second-order valence-corrected chi connectivity index (χ2v) is 6.33. The number of rotatable bonds is 3. The molecule has 0 aliphatic heterocycles. The summed E-state index contributed by atoms with van der Waals surface area (Å²) < 4.78 is 0. The Bertz CT molecular complexity index is 527. The van der Waals surface area contributed by atoms with Crippen molar-refractivity contribution in [2.45, 2.75) is 52.1 Å². The van der Waals surface area contributed by atoms with Crippen LogP contribution in [-0.2, 0) is 17.6 Å². The number of hydrogen-bond acceptors (Lipinski definition) is 4. The minimum absolute atomic E-state index is 0.00868. The summed E-state index contributed by atoms with van der Waals surface area (Å²) >= 11 is 1.45. The Labute approximate surface area is 121 Å². The van der Waals surface area contributed by atoms with Crippen molar-refractivity contribution in [1.29, 1.82) is 0 Å². The van der Waals surface area contributed by atoms with E-state index >= 15 is 0 Å². The van der Waals surface area contributed by atoms with E-state index < -0.39 is 6.09 Å². The monoisotopic (exact) mass is 297 g/mol. The highest BCUT2D eigenvalue weighted by Gasteiger charge is 2.31. The molecule has 0 unspecified atom stereocenters. The zero-order chi connectivity index (χ0) is 14.9. The van der Waals surface area contributed by atoms with Gasteiger partial charge >= 0.3 is 6.09 Å². The van der Waals surface area contributed by atoms with Gasteiger partial charge in [-0.15, -0.1) is 11.3 Å². The van der Waals surface area contributed by atoms with Crippen LogP contribution < -0.4 is 5.32 Å². The molecule has 6 nitrogen and oxygen atoms in total. The molecule has 110 valence electrons. The molecule has 1 aromatic rings. The molecular weight excluding hydrogens is 278 g/mol. The third-order valence-electron chi connectivity index (χ3n) is 3.37. The number of aromatic nitrogens is 1. The average molecular weight is 297 g/mol. The number of carboxylic acid groups (broad SMARTS) is 1. The van der Waals surface area contributed by atoms with Gasteiger partial charge in [0.05, 0.1) is 5.69 Å². The molecule has 1 heterocycles. The first-order valence-electron chi connectivity index (χ1n) is 6.66. The molecule has 2 N–H and O–H groups in total. The lowest BCUT2D eigenvalue weighted by Crippen LogP contribution is -2.46. The lowest BCUT2D eigenvalue weighted by molar-refractivity contribution is -0.114. The van der Waals surface area contributed by atoms with Crippen LogP contribution in [0.2, 0.25) is 0 Å². The highest BCUT2D eigenvalue weighted by Crippen LogP contribution is 2.32. The Morgan fingerprint density at radius 3 is 2.75 bits per heavy atom. The maximum atomic E-state index is 11.4. The van der Waals surface area contributed by atoms with Gasteiger partial charge < -0.3 is 15.3 Å². The lowest BCUT2D eigenvalue weighted by Gasteiger charge is -2.34. The number of nitrogens with one attached hydrogen (secondary N) is 1. The Hall–Kier alpha value is -1.63. The quantitative estimate of drug-likeness (QED) is 0.897. The summed E-state index contributed by atoms with van der Waals surface area (Å²) in [6.07, 6.45) is 1.34. The molecule has 20 heavy (non-hydrogen) atoms. The molecule has 1 aliphatic carbocycles. The molecule has 0 radical (unpaired) electrons. The van der Waals surface area contributed by atoms with E-state index in [9.17, 15) is 14.7 Å². The van der Waals surface area contributed by atoms with E-state index in [1.165, 1.54) is 23.2 Å². The van der Waals surface area contributed by atoms with Gasteiger partial charge in [0.2, 0.25) is 5.91 Å². The van der Waals surface area contributed by atoms with Crippen LogP contribution in [0, 0.1) is 0 Å². The summed E-state index contributed by atoms with van der Waals surface area (Å²) in [5.74, 6) is -0.137. The largest absolute Gasteiger partial charge is 0.465 e. The fourth-order valence-corrected chi connectivity index (χ4v) is 3.72. The van der Waals surface area contributed by atoms with Crippen LogP contribution in [0.15, 0.2) is 0 Å². The number of amides is 2. The number of fused-ring (bicyclic) bond motifs is 1. The minimum atomic E-state index is -0.875. The van der Waals surface area contributed by atoms with Crippen molar-refractivity contribution in [3.05, 3.63) is 10.6 Å². The van der Waals surface area contributed by atoms with Crippen LogP contribution in [-0.4, -0.2) is 39.1 Å². The summed E-state index contributed by atoms with van der Waals surface area (Å²) in [7, 11) is 0. The Kier molecular flexibility index (Phi) is 4.27. The van der Waals surface area contributed by atoms with Crippen molar-refractivity contribution in [2.75, 3.05) is 5.32 Å². The van der Waals surface area contributed by atoms with E-state index in [-0.39, 0.29) is 18.0 Å². The van der Waals surface area contributed by atoms with Gasteiger partial charge in [-0.05, 0) is 26.7 Å². The molecule has 0 spiro atoms. The minimum Gasteiger partial charge on any atom is -0.465 e. The van der Waals surface area contributed by atoms with Crippen LogP contribution in [0.5, 0.6) is 0 Å². The molecule has 0 bridgehead atoms. The van der Waals surface area contributed by atoms with E-state index in [0.717, 1.165) is 23.4 Å². The Balaban J connectivity index is 2.15. The number of aryl methyl sites for hydroxylation is 1. The van der Waals surface area contributed by atoms with Gasteiger partial charge in [0.15, 0.2) is 5.13 Å². The highest BCUT2D eigenvalue weighted by molar-refractivity contribution is 7.15. The molecular formula is C13H19N3O3S. The highest BCUT2D eigenvalue weighted by atomic mass is 32.1. The fraction of sp³-hybridized carbons (Fsp3) is 0.615. The van der Waals surface area contributed by atoms with E-state index in [1.54, 1.807) is 0 Å². The molecule has 7 heteroatoms. The van der Waals surface area contributed by atoms with E-state index in [1.807, 2.05) is 13.8 Å². The summed E-state index contributed by atoms with van der Waals surface area (Å²) in [5, 5.41) is 12.6. The summed E-state index contributed by atoms with van der Waals surface area (Å²) in [6.45, 7) is 5.23. The van der Waals surface area contributed by atoms with Gasteiger partial charge in [-0.1, -0.05) is 0 Å². The molecule has 2 amide bonds. The molecule has 2 rings (SSSR count). The van der Waals surface area contributed by atoms with Crippen molar-refractivity contribution < 1.29 is 14.7 Å². The second-order valence-electron chi connectivity index (χ2n) is 5.25. The second kappa shape index (κ2) is 5.78. The number of thiazole rings is 1. The first-order chi connectivity index (χ1) is 9.38. The Morgan fingerprint density at radius 2 is 2.20 bits per heavy atom. The van der Waals surface area contributed by atoms with Crippen molar-refractivity contribution in [3.63, 3.8) is 0 Å². The normalized spacial score (nSPS) is 17.7. The van der Waals surface area contributed by atoms with Crippen LogP contribution >= 0.6 is 11.3 Å². The number of nitrogens with zero attached hydrogens (tertiary/aromatic N) is 2. The molecule has 1 aliphatic rings. The molecule has 1 atom stereocenters. The van der Waals surface area contributed by atoms with Crippen molar-refractivity contribution >= 4 is 28.5 Å². The summed E-state index contributed by atoms with van der Waals surface area (Å²) in [4.78, 5) is 29.4. The smallest absolute Gasteiger partial charge is 0.407 e. The molecule has 0 aromatic carbocycles. The van der Waals surface area contributed by atoms with Crippen molar-refractivity contribution in [1.82, 2.24) is 9.88 Å². The van der Waals surface area contributed by atoms with Crippen LogP contribution in [0.25, 0.3) is 0 Å². The average Bonchev–Trinajstić information content (AvgIpc) is 2.68. The first kappa shape index (κ1) is 14.8. The lowest BCUT2D eigenvalue weighted by atomic mass is 9.95. The summed E-state index contributed by atoms with van der Waals surface area (Å²) in [5.41, 5.74) is 0.990. The van der Waals surface area contributed by atoms with E-state index in [2.05, 4.69) is 10.3 Å². The third kappa shape index (κ3) is 3.09. The standard InChI is InChI=1S/C13H19N3O3S/c1-7(2)16(13(18)19)9-4-5-10-11(6-9)20-12(15-10)14-8(3)17/h7,9H,4-6H2,1-3H3,(H,18,19)(H,14,15,17)/t9-/m0/s1. The van der Waals surface area contributed by atoms with Gasteiger partial charge in [0, 0.05) is 30.3 Å². The van der Waals surface area contributed by atoms with Crippen LogP contribution in [0.4, 0.5) is 9.93 Å². The van der Waals surface area contributed by atoms with Gasteiger partial charge in [0.25, 0.3) is 0 Å². The molecule has 1 aromatic heterocycles. The topological polar surface area (TPSA) is 82.5 Å². The van der Waals surface area contributed by atoms with Crippen LogP contribution in [0.1, 0.15) is 37.8 Å². The number of hydrogen-bond donors (Lipinski definition) is 2. The predicted octanol–water partition coefficient (Wildman–Crippen LogP) is 2.35. The van der Waals surface area contributed by atoms with Gasteiger partial charge in [-0.2, -0.15) is 0 Å². The van der Waals surface area contributed by atoms with E-state index in [0.29, 0.717) is 11.6 Å². The zero-order valence-corrected chi connectivity index (χ0v) is 12.7. The van der Waals surface area contributed by atoms with Crippen molar-refractivity contribution in [2.24, 2.45) is 0 Å². The molecule has 0 saturated heterocycles. The van der Waals surface area contributed by atoms with Gasteiger partial charge in [-0.25, -0.2) is 9.78 Å². The fourth-order valence-electron chi connectivity index (χ4n) is 2.60. The van der Waals surface area contributed by atoms with Gasteiger partial charge in [0.1, 0.15) is 0 Å². The van der Waals surface area contributed by atoms with Gasteiger partial charge in [-0.3, -0.25) is 4.79 Å².